The summed E-state index contributed by atoms with van der Waals surface area (Å²) in [6.07, 6.45) is 0. The summed E-state index contributed by atoms with van der Waals surface area (Å²) in [6, 6.07) is 3.63. The molecular formula is C12H15N3O3S. The fraction of sp³-hybridized carbons (Fsp3) is 0.417. The van der Waals surface area contributed by atoms with Gasteiger partial charge in [0.1, 0.15) is 11.1 Å². The average molecular weight is 281 g/mol. The van der Waals surface area contributed by atoms with Gasteiger partial charge in [0.2, 0.25) is 5.91 Å². The smallest absolute Gasteiger partial charge is 0.320 e. The maximum Gasteiger partial charge on any atom is 0.320 e. The number of anilines is 1. The first-order valence-electron chi connectivity index (χ1n) is 5.68. The molecule has 0 saturated heterocycles. The molecule has 19 heavy (non-hydrogen) atoms. The number of esters is 1. The molecule has 0 aliphatic heterocycles. The lowest BCUT2D eigenvalue weighted by molar-refractivity contribution is -0.144. The number of nitrogens with zero attached hydrogens (tertiary/aromatic N) is 2. The third-order valence-electron chi connectivity index (χ3n) is 2.16. The predicted octanol–water partition coefficient (Wildman–Crippen LogP) is 1.05. The molecule has 1 aromatic rings. The molecule has 1 aromatic heterocycles. The Morgan fingerprint density at radius 2 is 2.26 bits per heavy atom. The Morgan fingerprint density at radius 3 is 2.89 bits per heavy atom. The Kier molecular flexibility index (Phi) is 5.99. The standard InChI is InChI=1S/C12H15N3O3S/c1-3-18-11(17)8-15(2)7-10(16)14-12-9(6-13)4-5-19-12/h4-5H,3,7-8H2,1-2H3,(H,14,16). The molecule has 0 unspecified atom stereocenters. The molecule has 0 spiro atoms. The second-order valence-electron chi connectivity index (χ2n) is 3.80. The van der Waals surface area contributed by atoms with Gasteiger partial charge in [-0.1, -0.05) is 0 Å². The van der Waals surface area contributed by atoms with Gasteiger partial charge >= 0.3 is 5.97 Å². The number of likely N-dealkylation sites (N-methyl/N-ethyl adjacent to an activating group) is 1. The molecule has 0 bridgehead atoms. The molecule has 102 valence electrons. The van der Waals surface area contributed by atoms with E-state index in [1.54, 1.807) is 30.3 Å². The van der Waals surface area contributed by atoms with E-state index in [9.17, 15) is 9.59 Å². The topological polar surface area (TPSA) is 82.4 Å². The van der Waals surface area contributed by atoms with Crippen LogP contribution in [0.2, 0.25) is 0 Å². The lowest BCUT2D eigenvalue weighted by Crippen LogP contribution is -2.34. The Hall–Kier alpha value is -1.91. The van der Waals surface area contributed by atoms with Crippen molar-refractivity contribution in [2.45, 2.75) is 6.92 Å². The van der Waals surface area contributed by atoms with Crippen molar-refractivity contribution in [1.29, 1.82) is 5.26 Å². The molecule has 0 atom stereocenters. The van der Waals surface area contributed by atoms with E-state index in [1.807, 2.05) is 6.07 Å². The number of rotatable bonds is 6. The second-order valence-corrected chi connectivity index (χ2v) is 4.72. The normalized spacial score (nSPS) is 10.0. The highest BCUT2D eigenvalue weighted by Gasteiger charge is 2.13. The monoisotopic (exact) mass is 281 g/mol. The molecule has 6 nitrogen and oxygen atoms in total. The summed E-state index contributed by atoms with van der Waals surface area (Å²) in [6.45, 7) is 2.16. The Bertz CT molecular complexity index is 493. The van der Waals surface area contributed by atoms with Gasteiger partial charge in [0.05, 0.1) is 25.3 Å². The van der Waals surface area contributed by atoms with Crippen LogP contribution < -0.4 is 5.32 Å². The molecule has 1 amide bonds. The van der Waals surface area contributed by atoms with Crippen molar-refractivity contribution >= 4 is 28.2 Å². The van der Waals surface area contributed by atoms with E-state index in [-0.39, 0.29) is 25.0 Å². The minimum atomic E-state index is -0.369. The van der Waals surface area contributed by atoms with Crippen molar-refractivity contribution < 1.29 is 14.3 Å². The number of carbonyl (C=O) groups is 2. The van der Waals surface area contributed by atoms with Crippen LogP contribution in [-0.4, -0.2) is 43.5 Å². The molecule has 7 heteroatoms. The Labute approximate surface area is 115 Å². The molecule has 0 aliphatic carbocycles. The minimum absolute atomic E-state index is 0.0524. The van der Waals surface area contributed by atoms with Gasteiger partial charge in [-0.25, -0.2) is 0 Å². The zero-order valence-electron chi connectivity index (χ0n) is 10.8. The van der Waals surface area contributed by atoms with E-state index in [4.69, 9.17) is 10.00 Å². The quantitative estimate of drug-likeness (QED) is 0.788. The van der Waals surface area contributed by atoms with E-state index >= 15 is 0 Å². The van der Waals surface area contributed by atoms with Crippen molar-refractivity contribution in [1.82, 2.24) is 4.90 Å². The molecular weight excluding hydrogens is 266 g/mol. The summed E-state index contributed by atoms with van der Waals surface area (Å²) in [5, 5.41) is 13.7. The largest absolute Gasteiger partial charge is 0.465 e. The molecule has 0 radical (unpaired) electrons. The van der Waals surface area contributed by atoms with Gasteiger partial charge in [0.15, 0.2) is 0 Å². The fourth-order valence-corrected chi connectivity index (χ4v) is 2.14. The number of nitrogens with one attached hydrogen (secondary N) is 1. The maximum atomic E-state index is 11.7. The molecule has 0 saturated carbocycles. The summed E-state index contributed by atoms with van der Waals surface area (Å²) in [4.78, 5) is 24.5. The van der Waals surface area contributed by atoms with Crippen molar-refractivity contribution in [3.63, 3.8) is 0 Å². The minimum Gasteiger partial charge on any atom is -0.465 e. The molecule has 0 aliphatic rings. The van der Waals surface area contributed by atoms with Crippen LogP contribution in [0.25, 0.3) is 0 Å². The van der Waals surface area contributed by atoms with E-state index in [2.05, 4.69) is 5.32 Å². The highest BCUT2D eigenvalue weighted by atomic mass is 32.1. The van der Waals surface area contributed by atoms with Crippen LogP contribution in [0.4, 0.5) is 5.00 Å². The highest BCUT2D eigenvalue weighted by molar-refractivity contribution is 7.14. The van der Waals surface area contributed by atoms with Crippen molar-refractivity contribution in [2.75, 3.05) is 32.1 Å². The van der Waals surface area contributed by atoms with Crippen LogP contribution in [0.5, 0.6) is 0 Å². The van der Waals surface area contributed by atoms with E-state index < -0.39 is 0 Å². The average Bonchev–Trinajstić information content (AvgIpc) is 2.75. The zero-order valence-corrected chi connectivity index (χ0v) is 11.6. The van der Waals surface area contributed by atoms with Gasteiger partial charge in [0.25, 0.3) is 0 Å². The van der Waals surface area contributed by atoms with Gasteiger partial charge in [0, 0.05) is 0 Å². The van der Waals surface area contributed by atoms with Crippen LogP contribution in [-0.2, 0) is 14.3 Å². The first-order chi connectivity index (χ1) is 9.06. The molecule has 0 fully saturated rings. The van der Waals surface area contributed by atoms with Gasteiger partial charge in [-0.3, -0.25) is 14.5 Å². The predicted molar refractivity (Wildman–Crippen MR) is 71.8 cm³/mol. The van der Waals surface area contributed by atoms with Gasteiger partial charge in [-0.05, 0) is 25.4 Å². The third kappa shape index (κ3) is 5.07. The lowest BCUT2D eigenvalue weighted by atomic mass is 10.3. The van der Waals surface area contributed by atoms with Crippen LogP contribution in [0.15, 0.2) is 11.4 Å². The number of carbonyl (C=O) groups excluding carboxylic acids is 2. The zero-order chi connectivity index (χ0) is 14.3. The van der Waals surface area contributed by atoms with Crippen molar-refractivity contribution in [3.8, 4) is 6.07 Å². The number of hydrogen-bond donors (Lipinski definition) is 1. The van der Waals surface area contributed by atoms with Crippen LogP contribution >= 0.6 is 11.3 Å². The first kappa shape index (κ1) is 15.1. The van der Waals surface area contributed by atoms with Gasteiger partial charge in [-0.2, -0.15) is 5.26 Å². The van der Waals surface area contributed by atoms with Gasteiger partial charge < -0.3 is 10.1 Å². The highest BCUT2D eigenvalue weighted by Crippen LogP contribution is 2.21. The molecule has 1 heterocycles. The Morgan fingerprint density at radius 1 is 1.53 bits per heavy atom. The number of amides is 1. The number of nitriles is 1. The number of ether oxygens (including phenoxy) is 1. The van der Waals surface area contributed by atoms with E-state index in [0.717, 1.165) is 0 Å². The summed E-state index contributed by atoms with van der Waals surface area (Å²) in [7, 11) is 1.65. The van der Waals surface area contributed by atoms with E-state index in [0.29, 0.717) is 17.2 Å². The number of thiophene rings is 1. The summed E-state index contributed by atoms with van der Waals surface area (Å²) in [5.74, 6) is -0.641. The molecule has 1 rings (SSSR count). The maximum absolute atomic E-state index is 11.7. The Balaban J connectivity index is 2.43. The number of hydrogen-bond acceptors (Lipinski definition) is 6. The SMILES string of the molecule is CCOC(=O)CN(C)CC(=O)Nc1sccc1C#N. The van der Waals surface area contributed by atoms with Crippen LogP contribution in [0.1, 0.15) is 12.5 Å². The molecule has 1 N–H and O–H groups in total. The van der Waals surface area contributed by atoms with E-state index in [1.165, 1.54) is 11.3 Å². The van der Waals surface area contributed by atoms with Crippen LogP contribution in [0.3, 0.4) is 0 Å². The first-order valence-corrected chi connectivity index (χ1v) is 6.56. The summed E-state index contributed by atoms with van der Waals surface area (Å²) >= 11 is 1.29. The fourth-order valence-electron chi connectivity index (χ4n) is 1.39. The molecule has 0 aromatic carbocycles. The van der Waals surface area contributed by atoms with Crippen LogP contribution in [0, 0.1) is 11.3 Å². The lowest BCUT2D eigenvalue weighted by Gasteiger charge is -2.14. The van der Waals surface area contributed by atoms with Crippen molar-refractivity contribution in [3.05, 3.63) is 17.0 Å². The second kappa shape index (κ2) is 7.51. The third-order valence-corrected chi connectivity index (χ3v) is 2.99. The summed E-state index contributed by atoms with van der Waals surface area (Å²) in [5.41, 5.74) is 0.436. The summed E-state index contributed by atoms with van der Waals surface area (Å²) < 4.78 is 4.78. The van der Waals surface area contributed by atoms with Gasteiger partial charge in [-0.15, -0.1) is 11.3 Å². The van der Waals surface area contributed by atoms with Crippen molar-refractivity contribution in [2.24, 2.45) is 0 Å².